The van der Waals surface area contributed by atoms with Crippen LogP contribution in [0.15, 0.2) is 29.1 Å². The van der Waals surface area contributed by atoms with E-state index >= 15 is 0 Å². The number of carbonyl (C=O) groups is 2. The van der Waals surface area contributed by atoms with Crippen LogP contribution >= 0.6 is 0 Å². The largest absolute Gasteiger partial charge is 0.480 e. The second-order valence-electron chi connectivity index (χ2n) is 10.6. The van der Waals surface area contributed by atoms with Gasteiger partial charge in [-0.25, -0.2) is 4.98 Å². The molecule has 3 heterocycles. The Hall–Kier alpha value is -2.74. The second-order valence-corrected chi connectivity index (χ2v) is 10.6. The average Bonchev–Trinajstić information content (AvgIpc) is 3.06. The van der Waals surface area contributed by atoms with Gasteiger partial charge in [0.1, 0.15) is 6.54 Å². The van der Waals surface area contributed by atoms with Crippen molar-refractivity contribution in [3.8, 4) is 0 Å². The number of rotatable bonds is 5. The van der Waals surface area contributed by atoms with Gasteiger partial charge in [-0.15, -0.1) is 0 Å². The average molecular weight is 481 g/mol. The van der Waals surface area contributed by atoms with Gasteiger partial charge >= 0.3 is 5.97 Å². The van der Waals surface area contributed by atoms with Gasteiger partial charge < -0.3 is 14.6 Å². The summed E-state index contributed by atoms with van der Waals surface area (Å²) in [5, 5.41) is 9.11. The van der Waals surface area contributed by atoms with Gasteiger partial charge in [-0.3, -0.25) is 19.3 Å². The van der Waals surface area contributed by atoms with E-state index in [4.69, 9.17) is 5.11 Å². The molecule has 1 unspecified atom stereocenters. The number of likely N-dealkylation sites (N-methyl/N-ethyl adjacent to an activating group) is 1. The van der Waals surface area contributed by atoms with E-state index in [-0.39, 0.29) is 11.7 Å². The molecule has 3 fully saturated rings. The first kappa shape index (κ1) is 24.0. The zero-order valence-electron chi connectivity index (χ0n) is 20.6. The SMILES string of the molecule is CN(CC(=O)O)C(=O)c1nc2ccccc2n(C2C[C@H]3CC[C@@H](C2)N3C2CCCCCCC2)c1=O. The number of aliphatic carboxylic acids is 1. The molecule has 0 radical (unpaired) electrons. The van der Waals surface area contributed by atoms with Crippen LogP contribution < -0.4 is 5.56 Å². The molecule has 3 atom stereocenters. The molecular formula is C27H36N4O4. The molecule has 0 spiro atoms. The molecule has 188 valence electrons. The van der Waals surface area contributed by atoms with Gasteiger partial charge in [0.05, 0.1) is 11.0 Å². The van der Waals surface area contributed by atoms with Gasteiger partial charge in [0, 0.05) is 31.2 Å². The maximum Gasteiger partial charge on any atom is 0.323 e. The number of carboxylic acids is 1. The van der Waals surface area contributed by atoms with E-state index in [0.29, 0.717) is 23.6 Å². The maximum atomic E-state index is 13.7. The molecule has 1 saturated carbocycles. The molecule has 1 N–H and O–H groups in total. The number of piperidine rings is 1. The van der Waals surface area contributed by atoms with Gasteiger partial charge in [0.25, 0.3) is 11.5 Å². The molecule has 1 amide bonds. The number of fused-ring (bicyclic) bond motifs is 3. The fourth-order valence-corrected chi connectivity index (χ4v) is 6.84. The number of benzene rings is 1. The Bertz CT molecular complexity index is 1140. The van der Waals surface area contributed by atoms with Crippen molar-refractivity contribution < 1.29 is 14.7 Å². The van der Waals surface area contributed by atoms with Crippen molar-refractivity contribution in [2.75, 3.05) is 13.6 Å². The van der Waals surface area contributed by atoms with Crippen molar-refractivity contribution in [1.82, 2.24) is 19.4 Å². The predicted octanol–water partition coefficient (Wildman–Crippen LogP) is 3.83. The Morgan fingerprint density at radius 1 is 0.943 bits per heavy atom. The van der Waals surface area contributed by atoms with E-state index in [2.05, 4.69) is 9.88 Å². The molecule has 5 rings (SSSR count). The fourth-order valence-electron chi connectivity index (χ4n) is 6.84. The summed E-state index contributed by atoms with van der Waals surface area (Å²) in [5.41, 5.74) is 0.740. The first-order valence-corrected chi connectivity index (χ1v) is 13.2. The molecule has 1 aromatic carbocycles. The molecule has 35 heavy (non-hydrogen) atoms. The Balaban J connectivity index is 1.47. The number of hydrogen-bond donors (Lipinski definition) is 1. The van der Waals surface area contributed by atoms with Crippen molar-refractivity contribution in [2.24, 2.45) is 0 Å². The minimum absolute atomic E-state index is 0.00837. The molecule has 3 aliphatic rings. The Morgan fingerprint density at radius 2 is 1.57 bits per heavy atom. The van der Waals surface area contributed by atoms with E-state index in [1.165, 1.54) is 64.8 Å². The van der Waals surface area contributed by atoms with Crippen LogP contribution in [-0.4, -0.2) is 68.1 Å². The maximum absolute atomic E-state index is 13.7. The third-order valence-corrected chi connectivity index (χ3v) is 8.34. The normalized spacial score (nSPS) is 25.8. The molecule has 2 bridgehead atoms. The summed E-state index contributed by atoms with van der Waals surface area (Å²) in [4.78, 5) is 46.1. The van der Waals surface area contributed by atoms with Crippen molar-refractivity contribution in [1.29, 1.82) is 0 Å². The zero-order chi connectivity index (χ0) is 24.5. The minimum atomic E-state index is -1.12. The summed E-state index contributed by atoms with van der Waals surface area (Å²) < 4.78 is 1.80. The number of hydrogen-bond acceptors (Lipinski definition) is 5. The molecule has 2 aromatic rings. The minimum Gasteiger partial charge on any atom is -0.480 e. The highest BCUT2D eigenvalue weighted by atomic mass is 16.4. The summed E-state index contributed by atoms with van der Waals surface area (Å²) in [6, 6.07) is 9.07. The van der Waals surface area contributed by atoms with E-state index < -0.39 is 24.0 Å². The summed E-state index contributed by atoms with van der Waals surface area (Å²) in [7, 11) is 1.39. The number of carboxylic acid groups (broad SMARTS) is 1. The standard InChI is InChI=1S/C27H36N4O4/c1-29(17-24(32)33)26(34)25-27(35)31(23-12-8-7-11-22(23)28-25)21-15-19-13-14-20(16-21)30(19)18-9-5-3-2-4-6-10-18/h7-8,11-12,18-21H,2-6,9-10,13-17H2,1H3,(H,32,33)/t19-,20+,21?. The molecule has 1 aliphatic carbocycles. The van der Waals surface area contributed by atoms with Gasteiger partial charge in [-0.1, -0.05) is 44.2 Å². The number of para-hydroxylation sites is 2. The first-order chi connectivity index (χ1) is 16.9. The third kappa shape index (κ3) is 4.73. The van der Waals surface area contributed by atoms with Crippen LogP contribution in [0.2, 0.25) is 0 Å². The smallest absolute Gasteiger partial charge is 0.323 e. The highest BCUT2D eigenvalue weighted by molar-refractivity contribution is 5.95. The van der Waals surface area contributed by atoms with E-state index in [9.17, 15) is 14.4 Å². The van der Waals surface area contributed by atoms with Crippen molar-refractivity contribution in [3.05, 3.63) is 40.3 Å². The molecule has 2 aliphatic heterocycles. The lowest BCUT2D eigenvalue weighted by Gasteiger charge is -2.45. The number of amides is 1. The Morgan fingerprint density at radius 3 is 2.23 bits per heavy atom. The highest BCUT2D eigenvalue weighted by Gasteiger charge is 2.44. The van der Waals surface area contributed by atoms with E-state index in [0.717, 1.165) is 23.3 Å². The number of carbonyl (C=O) groups excluding carboxylic acids is 1. The molecule has 1 aromatic heterocycles. The van der Waals surface area contributed by atoms with Crippen LogP contribution in [0.3, 0.4) is 0 Å². The van der Waals surface area contributed by atoms with Crippen LogP contribution in [-0.2, 0) is 4.79 Å². The predicted molar refractivity (Wildman–Crippen MR) is 134 cm³/mol. The van der Waals surface area contributed by atoms with Crippen LogP contribution in [0.5, 0.6) is 0 Å². The Kier molecular flexibility index (Phi) is 6.91. The second kappa shape index (κ2) is 10.1. The van der Waals surface area contributed by atoms with Crippen molar-refractivity contribution >= 4 is 22.9 Å². The Labute approximate surface area is 205 Å². The zero-order valence-corrected chi connectivity index (χ0v) is 20.6. The van der Waals surface area contributed by atoms with Crippen LogP contribution in [0.25, 0.3) is 11.0 Å². The summed E-state index contributed by atoms with van der Waals surface area (Å²) in [6.45, 7) is -0.475. The van der Waals surface area contributed by atoms with E-state index in [1.54, 1.807) is 4.57 Å². The lowest BCUT2D eigenvalue weighted by Crippen LogP contribution is -2.50. The van der Waals surface area contributed by atoms with Crippen molar-refractivity contribution in [2.45, 2.75) is 94.8 Å². The summed E-state index contributed by atoms with van der Waals surface area (Å²) in [5.74, 6) is -1.77. The van der Waals surface area contributed by atoms with Crippen LogP contribution in [0, 0.1) is 0 Å². The van der Waals surface area contributed by atoms with Gasteiger partial charge in [-0.2, -0.15) is 0 Å². The monoisotopic (exact) mass is 480 g/mol. The molecular weight excluding hydrogens is 444 g/mol. The van der Waals surface area contributed by atoms with Crippen LogP contribution in [0.1, 0.15) is 87.2 Å². The summed E-state index contributed by atoms with van der Waals surface area (Å²) in [6.07, 6.45) is 13.4. The van der Waals surface area contributed by atoms with Gasteiger partial charge in [0.15, 0.2) is 5.69 Å². The van der Waals surface area contributed by atoms with Gasteiger partial charge in [0.2, 0.25) is 0 Å². The van der Waals surface area contributed by atoms with E-state index in [1.807, 2.05) is 24.3 Å². The quantitative estimate of drug-likeness (QED) is 0.699. The topological polar surface area (TPSA) is 95.7 Å². The van der Waals surface area contributed by atoms with Crippen LogP contribution in [0.4, 0.5) is 0 Å². The van der Waals surface area contributed by atoms with Crippen molar-refractivity contribution in [3.63, 3.8) is 0 Å². The fraction of sp³-hybridized carbons (Fsp3) is 0.630. The molecule has 2 saturated heterocycles. The molecule has 8 heteroatoms. The van der Waals surface area contributed by atoms with Gasteiger partial charge in [-0.05, 0) is 50.7 Å². The lowest BCUT2D eigenvalue weighted by molar-refractivity contribution is -0.137. The number of nitrogens with zero attached hydrogens (tertiary/aromatic N) is 4. The third-order valence-electron chi connectivity index (χ3n) is 8.34. The first-order valence-electron chi connectivity index (χ1n) is 13.2. The lowest BCUT2D eigenvalue weighted by atomic mass is 9.89. The highest BCUT2D eigenvalue weighted by Crippen LogP contribution is 2.44. The molecule has 8 nitrogen and oxygen atoms in total. The number of aromatic nitrogens is 2. The summed E-state index contributed by atoms with van der Waals surface area (Å²) >= 11 is 0.